The van der Waals surface area contributed by atoms with E-state index in [2.05, 4.69) is 26.1 Å². The third-order valence-electron chi connectivity index (χ3n) is 6.51. The Labute approximate surface area is 201 Å². The van der Waals surface area contributed by atoms with Crippen LogP contribution in [0.3, 0.4) is 0 Å². The van der Waals surface area contributed by atoms with Crippen LogP contribution >= 0.6 is 11.3 Å². The van der Waals surface area contributed by atoms with Crippen molar-refractivity contribution in [3.8, 4) is 0 Å². The number of benzene rings is 1. The van der Waals surface area contributed by atoms with Gasteiger partial charge < -0.3 is 20.9 Å². The summed E-state index contributed by atoms with van der Waals surface area (Å²) in [6.45, 7) is 4.65. The minimum atomic E-state index is -0.606. The van der Waals surface area contributed by atoms with Gasteiger partial charge in [0.15, 0.2) is 0 Å². The minimum absolute atomic E-state index is 0.0423. The number of fused-ring (bicyclic) bond motifs is 2. The van der Waals surface area contributed by atoms with Gasteiger partial charge in [0.25, 0.3) is 11.8 Å². The molecule has 1 aromatic carbocycles. The quantitative estimate of drug-likeness (QED) is 0.429. The fraction of sp³-hybridized carbons (Fsp3) is 0.417. The maximum absolute atomic E-state index is 13.3. The Kier molecular flexibility index (Phi) is 6.34. The highest BCUT2D eigenvalue weighted by atomic mass is 32.1. The fourth-order valence-corrected chi connectivity index (χ4v) is 5.62. The second-order valence-corrected chi connectivity index (χ2v) is 9.98. The van der Waals surface area contributed by atoms with Crippen molar-refractivity contribution in [1.29, 1.82) is 0 Å². The van der Waals surface area contributed by atoms with Crippen LogP contribution in [0.25, 0.3) is 10.9 Å². The number of carbonyl (C=O) groups is 3. The van der Waals surface area contributed by atoms with E-state index in [-0.39, 0.29) is 23.8 Å². The van der Waals surface area contributed by atoms with E-state index in [4.69, 9.17) is 0 Å². The van der Waals surface area contributed by atoms with Crippen LogP contribution in [0.15, 0.2) is 30.5 Å². The molecule has 178 valence electrons. The van der Waals surface area contributed by atoms with Crippen LogP contribution < -0.4 is 16.0 Å². The molecule has 1 saturated heterocycles. The summed E-state index contributed by atoms with van der Waals surface area (Å²) in [5.41, 5.74) is 2.37. The first-order valence-electron chi connectivity index (χ1n) is 11.7. The summed E-state index contributed by atoms with van der Waals surface area (Å²) < 4.78 is 0. The molecule has 0 bridgehead atoms. The van der Waals surface area contributed by atoms with Crippen LogP contribution in [0.4, 0.5) is 0 Å². The van der Waals surface area contributed by atoms with Crippen LogP contribution in [-0.2, 0) is 17.8 Å². The third kappa shape index (κ3) is 4.55. The van der Waals surface area contributed by atoms with Gasteiger partial charge in [-0.2, -0.15) is 5.10 Å². The smallest absolute Gasteiger partial charge is 0.261 e. The molecule has 0 saturated carbocycles. The second kappa shape index (κ2) is 9.55. The Hall–Kier alpha value is -3.24. The van der Waals surface area contributed by atoms with Crippen molar-refractivity contribution in [2.45, 2.75) is 44.8 Å². The van der Waals surface area contributed by atoms with E-state index >= 15 is 0 Å². The van der Waals surface area contributed by atoms with Gasteiger partial charge in [-0.15, -0.1) is 11.3 Å². The Balaban J connectivity index is 1.23. The van der Waals surface area contributed by atoms with Crippen LogP contribution in [0, 0.1) is 0 Å². The first kappa shape index (κ1) is 22.5. The molecule has 2 atom stereocenters. The van der Waals surface area contributed by atoms with Crippen LogP contribution in [0.2, 0.25) is 0 Å². The molecule has 9 nitrogen and oxygen atoms in total. The van der Waals surface area contributed by atoms with Gasteiger partial charge in [0.1, 0.15) is 6.04 Å². The first-order chi connectivity index (χ1) is 16.5. The molecule has 2 aliphatic rings. The Morgan fingerprint density at radius 3 is 2.94 bits per heavy atom. The van der Waals surface area contributed by atoms with Gasteiger partial charge in [-0.05, 0) is 55.6 Å². The van der Waals surface area contributed by atoms with Gasteiger partial charge in [-0.1, -0.05) is 6.92 Å². The Morgan fingerprint density at radius 2 is 2.15 bits per heavy atom. The summed E-state index contributed by atoms with van der Waals surface area (Å²) in [4.78, 5) is 42.4. The molecule has 0 radical (unpaired) electrons. The van der Waals surface area contributed by atoms with Gasteiger partial charge in [0.2, 0.25) is 5.91 Å². The zero-order valence-corrected chi connectivity index (χ0v) is 19.8. The molecule has 4 N–H and O–H groups in total. The van der Waals surface area contributed by atoms with Crippen LogP contribution in [0.5, 0.6) is 0 Å². The highest BCUT2D eigenvalue weighted by Gasteiger charge is 2.30. The molecule has 0 spiro atoms. The summed E-state index contributed by atoms with van der Waals surface area (Å²) in [5.74, 6) is -0.420. The minimum Gasteiger partial charge on any atom is -0.347 e. The number of hydrogen-bond donors (Lipinski definition) is 4. The number of nitrogens with zero attached hydrogens (tertiary/aromatic N) is 2. The van der Waals surface area contributed by atoms with E-state index in [1.54, 1.807) is 29.3 Å². The standard InChI is InChI=1S/C24H28N6O3S/c1-2-18(28-22(31)14-3-4-19-15(9-14)11-26-29-19)24(33)30-8-6-20-16(13-30)10-21(34-20)23(32)27-17-5-7-25-12-17/h3-4,9-11,17-18,25H,2,5-8,12-13H2,1H3,(H,26,29)(H,27,32)(H,28,31)/t17?,18-/m1/s1. The molecule has 3 amide bonds. The van der Waals surface area contributed by atoms with E-state index < -0.39 is 6.04 Å². The van der Waals surface area contributed by atoms with Crippen molar-refractivity contribution in [1.82, 2.24) is 31.0 Å². The number of amides is 3. The monoisotopic (exact) mass is 480 g/mol. The highest BCUT2D eigenvalue weighted by Crippen LogP contribution is 2.29. The zero-order chi connectivity index (χ0) is 23.7. The lowest BCUT2D eigenvalue weighted by Crippen LogP contribution is -2.49. The highest BCUT2D eigenvalue weighted by molar-refractivity contribution is 7.14. The van der Waals surface area contributed by atoms with Gasteiger partial charge in [-0.25, -0.2) is 0 Å². The van der Waals surface area contributed by atoms with E-state index in [0.717, 1.165) is 40.9 Å². The van der Waals surface area contributed by atoms with Gasteiger partial charge in [0.05, 0.1) is 16.6 Å². The zero-order valence-electron chi connectivity index (χ0n) is 19.0. The number of hydrogen-bond acceptors (Lipinski definition) is 6. The lowest BCUT2D eigenvalue weighted by molar-refractivity contribution is -0.134. The molecule has 34 heavy (non-hydrogen) atoms. The van der Waals surface area contributed by atoms with E-state index in [1.807, 2.05) is 13.0 Å². The molecule has 3 aromatic rings. The maximum Gasteiger partial charge on any atom is 0.261 e. The van der Waals surface area contributed by atoms with Crippen LogP contribution in [-0.4, -0.2) is 64.5 Å². The molecule has 2 aliphatic heterocycles. The largest absolute Gasteiger partial charge is 0.347 e. The Bertz CT molecular complexity index is 1230. The average molecular weight is 481 g/mol. The number of carbonyl (C=O) groups excluding carboxylic acids is 3. The van der Waals surface area contributed by atoms with Crippen molar-refractivity contribution in [2.75, 3.05) is 19.6 Å². The molecule has 4 heterocycles. The lowest BCUT2D eigenvalue weighted by atomic mass is 10.1. The molecule has 1 unspecified atom stereocenters. The number of aromatic nitrogens is 2. The number of thiophene rings is 1. The van der Waals surface area contributed by atoms with Crippen molar-refractivity contribution >= 4 is 40.0 Å². The molecule has 1 fully saturated rings. The lowest BCUT2D eigenvalue weighted by Gasteiger charge is -2.30. The number of aromatic amines is 1. The van der Waals surface area contributed by atoms with Crippen molar-refractivity contribution in [3.63, 3.8) is 0 Å². The van der Waals surface area contributed by atoms with E-state index in [0.29, 0.717) is 36.4 Å². The molecule has 2 aromatic heterocycles. The molecular formula is C24H28N6O3S. The predicted octanol–water partition coefficient (Wildman–Crippen LogP) is 1.81. The summed E-state index contributed by atoms with van der Waals surface area (Å²) in [5, 5.41) is 16.9. The summed E-state index contributed by atoms with van der Waals surface area (Å²) in [6, 6.07) is 6.77. The molecule has 5 rings (SSSR count). The topological polar surface area (TPSA) is 119 Å². The average Bonchev–Trinajstić information content (AvgIpc) is 3.61. The maximum atomic E-state index is 13.3. The second-order valence-electron chi connectivity index (χ2n) is 8.84. The summed E-state index contributed by atoms with van der Waals surface area (Å²) >= 11 is 1.52. The third-order valence-corrected chi connectivity index (χ3v) is 7.75. The van der Waals surface area contributed by atoms with Crippen molar-refractivity contribution in [2.24, 2.45) is 0 Å². The molecule has 0 aliphatic carbocycles. The van der Waals surface area contributed by atoms with E-state index in [9.17, 15) is 14.4 Å². The van der Waals surface area contributed by atoms with Crippen molar-refractivity contribution < 1.29 is 14.4 Å². The number of rotatable bonds is 6. The van der Waals surface area contributed by atoms with Gasteiger partial charge in [0, 0.05) is 41.5 Å². The van der Waals surface area contributed by atoms with Crippen LogP contribution in [0.1, 0.15) is 50.2 Å². The fourth-order valence-electron chi connectivity index (χ4n) is 4.55. The SMILES string of the molecule is CC[C@@H](NC(=O)c1ccc2[nH]ncc2c1)C(=O)N1CCc2sc(C(=O)NC3CCNC3)cc2C1. The predicted molar refractivity (Wildman–Crippen MR) is 130 cm³/mol. The first-order valence-corrected chi connectivity index (χ1v) is 12.5. The van der Waals surface area contributed by atoms with E-state index in [1.165, 1.54) is 11.3 Å². The molecular weight excluding hydrogens is 452 g/mol. The Morgan fingerprint density at radius 1 is 1.26 bits per heavy atom. The van der Waals surface area contributed by atoms with Gasteiger partial charge >= 0.3 is 0 Å². The van der Waals surface area contributed by atoms with Crippen molar-refractivity contribution in [3.05, 3.63) is 51.3 Å². The number of H-pyrrole nitrogens is 1. The summed E-state index contributed by atoms with van der Waals surface area (Å²) in [7, 11) is 0. The number of nitrogens with one attached hydrogen (secondary N) is 4. The summed E-state index contributed by atoms with van der Waals surface area (Å²) in [6.07, 6.45) is 3.82. The van der Waals surface area contributed by atoms with Gasteiger partial charge in [-0.3, -0.25) is 19.5 Å². The molecule has 10 heteroatoms. The normalized spacial score (nSPS) is 18.5.